The number of aromatic hydroxyl groups is 1. The Morgan fingerprint density at radius 3 is 2.56 bits per heavy atom. The highest BCUT2D eigenvalue weighted by atomic mass is 16.5. The van der Waals surface area contributed by atoms with Gasteiger partial charge in [-0.2, -0.15) is 0 Å². The van der Waals surface area contributed by atoms with Crippen molar-refractivity contribution in [3.8, 4) is 11.5 Å². The summed E-state index contributed by atoms with van der Waals surface area (Å²) >= 11 is 0. The largest absolute Gasteiger partial charge is 0.507 e. The molecule has 2 heterocycles. The van der Waals surface area contributed by atoms with Crippen LogP contribution < -0.4 is 9.64 Å². The number of para-hydroxylation sites is 2. The lowest BCUT2D eigenvalue weighted by Gasteiger charge is -2.23. The summed E-state index contributed by atoms with van der Waals surface area (Å²) in [6.07, 6.45) is 0. The van der Waals surface area contributed by atoms with Crippen molar-refractivity contribution in [1.82, 2.24) is 9.97 Å². The third-order valence-corrected chi connectivity index (χ3v) is 6.43. The number of phenolic OH excluding ortho intramolecular Hbond substituents is 1. The number of aliphatic hydroxyl groups excluding tert-OH is 1. The van der Waals surface area contributed by atoms with Crippen LogP contribution in [0.15, 0.2) is 66.2 Å². The number of aryl methyl sites for hydroxylation is 2. The number of fused-ring (bicyclic) bond motifs is 1. The minimum absolute atomic E-state index is 0.0724. The molecule has 1 aliphatic rings. The van der Waals surface area contributed by atoms with E-state index in [1.54, 1.807) is 37.3 Å². The molecule has 5 rings (SSSR count). The topological polar surface area (TPSA) is 116 Å². The Hall–Kier alpha value is -4.59. The number of H-pyrrole nitrogens is 1. The zero-order valence-corrected chi connectivity index (χ0v) is 20.1. The van der Waals surface area contributed by atoms with Gasteiger partial charge in [0.1, 0.15) is 5.76 Å². The highest BCUT2D eigenvalue weighted by Gasteiger charge is 2.48. The molecule has 0 radical (unpaired) electrons. The first kappa shape index (κ1) is 23.2. The molecule has 0 saturated carbocycles. The first-order valence-electron chi connectivity index (χ1n) is 11.6. The molecule has 182 valence electrons. The maximum atomic E-state index is 13.4. The summed E-state index contributed by atoms with van der Waals surface area (Å²) in [5.41, 5.74) is 4.12. The van der Waals surface area contributed by atoms with Crippen LogP contribution in [0.3, 0.4) is 0 Å². The fraction of sp³-hybridized carbons (Fsp3) is 0.179. The van der Waals surface area contributed by atoms with Crippen molar-refractivity contribution in [2.45, 2.75) is 26.8 Å². The zero-order chi connectivity index (χ0) is 25.6. The van der Waals surface area contributed by atoms with Gasteiger partial charge < -0.3 is 19.9 Å². The molecule has 1 fully saturated rings. The number of carbonyl (C=O) groups excluding carboxylic acids is 2. The van der Waals surface area contributed by atoms with Crippen molar-refractivity contribution in [3.63, 3.8) is 0 Å². The van der Waals surface area contributed by atoms with E-state index in [1.807, 2.05) is 38.1 Å². The monoisotopic (exact) mass is 483 g/mol. The van der Waals surface area contributed by atoms with E-state index in [4.69, 9.17) is 4.74 Å². The summed E-state index contributed by atoms with van der Waals surface area (Å²) in [6.45, 7) is 5.95. The lowest BCUT2D eigenvalue weighted by atomic mass is 9.94. The summed E-state index contributed by atoms with van der Waals surface area (Å²) in [7, 11) is 0. The molecule has 36 heavy (non-hydrogen) atoms. The van der Waals surface area contributed by atoms with Crippen molar-refractivity contribution in [2.24, 2.45) is 0 Å². The van der Waals surface area contributed by atoms with Gasteiger partial charge in [-0.1, -0.05) is 30.3 Å². The number of ketones is 1. The number of hydrogen-bond donors (Lipinski definition) is 3. The van der Waals surface area contributed by atoms with Crippen molar-refractivity contribution in [2.75, 3.05) is 11.5 Å². The lowest BCUT2D eigenvalue weighted by Crippen LogP contribution is -2.30. The molecule has 1 atom stereocenters. The first-order chi connectivity index (χ1) is 17.3. The maximum Gasteiger partial charge on any atom is 0.302 e. The van der Waals surface area contributed by atoms with E-state index in [2.05, 4.69) is 9.97 Å². The standard InChI is InChI=1S/C28H25N3O5/c1-4-36-22-14-17(11-12-21(22)32)24-23(25(33)18-10-9-15(2)16(3)13-18)26(34)27(35)31(24)28-29-19-7-5-6-8-20(19)30-28/h5-14,24,32-33H,4H2,1-3H3,(H,29,30)/b25-23+. The maximum absolute atomic E-state index is 13.4. The Kier molecular flexibility index (Phi) is 5.72. The van der Waals surface area contributed by atoms with Gasteiger partial charge in [-0.05, 0) is 67.8 Å². The van der Waals surface area contributed by atoms with E-state index in [9.17, 15) is 19.8 Å². The predicted molar refractivity (Wildman–Crippen MR) is 136 cm³/mol. The number of aromatic nitrogens is 2. The van der Waals surface area contributed by atoms with Crippen LogP contribution in [0.1, 0.15) is 35.2 Å². The number of aromatic amines is 1. The average Bonchev–Trinajstić information content (AvgIpc) is 3.40. The van der Waals surface area contributed by atoms with Gasteiger partial charge >= 0.3 is 5.91 Å². The van der Waals surface area contributed by atoms with Crippen molar-refractivity contribution in [1.29, 1.82) is 0 Å². The third-order valence-electron chi connectivity index (χ3n) is 6.43. The molecule has 1 saturated heterocycles. The number of nitrogens with zero attached hydrogens (tertiary/aromatic N) is 2. The molecular formula is C28H25N3O5. The van der Waals surface area contributed by atoms with Crippen LogP contribution >= 0.6 is 0 Å². The summed E-state index contributed by atoms with van der Waals surface area (Å²) in [5, 5.41) is 21.6. The van der Waals surface area contributed by atoms with E-state index >= 15 is 0 Å². The summed E-state index contributed by atoms with van der Waals surface area (Å²) < 4.78 is 5.55. The van der Waals surface area contributed by atoms with E-state index in [0.717, 1.165) is 11.1 Å². The van der Waals surface area contributed by atoms with Crippen LogP contribution in [0.4, 0.5) is 5.95 Å². The van der Waals surface area contributed by atoms with Crippen LogP contribution in [0, 0.1) is 13.8 Å². The number of benzene rings is 3. The molecule has 8 nitrogen and oxygen atoms in total. The first-order valence-corrected chi connectivity index (χ1v) is 11.6. The lowest BCUT2D eigenvalue weighted by molar-refractivity contribution is -0.132. The summed E-state index contributed by atoms with van der Waals surface area (Å²) in [5.74, 6) is -1.64. The molecule has 3 aromatic carbocycles. The predicted octanol–water partition coefficient (Wildman–Crippen LogP) is 4.91. The van der Waals surface area contributed by atoms with Crippen molar-refractivity contribution in [3.05, 3.63) is 88.5 Å². The van der Waals surface area contributed by atoms with Gasteiger partial charge in [-0.15, -0.1) is 0 Å². The number of hydrogen-bond acceptors (Lipinski definition) is 6. The van der Waals surface area contributed by atoms with Gasteiger partial charge in [0.25, 0.3) is 5.78 Å². The molecular weight excluding hydrogens is 458 g/mol. The van der Waals surface area contributed by atoms with E-state index < -0.39 is 17.7 Å². The highest BCUT2D eigenvalue weighted by molar-refractivity contribution is 6.51. The second-order valence-corrected chi connectivity index (χ2v) is 8.71. The second kappa shape index (κ2) is 8.88. The van der Waals surface area contributed by atoms with Crippen LogP contribution in [0.2, 0.25) is 0 Å². The molecule has 1 amide bonds. The number of nitrogens with one attached hydrogen (secondary N) is 1. The van der Waals surface area contributed by atoms with Gasteiger partial charge in [-0.25, -0.2) is 4.98 Å². The van der Waals surface area contributed by atoms with Crippen molar-refractivity contribution < 1.29 is 24.5 Å². The Balaban J connectivity index is 1.75. The fourth-order valence-corrected chi connectivity index (χ4v) is 4.44. The Labute approximate surface area is 207 Å². The normalized spacial score (nSPS) is 17.2. The van der Waals surface area contributed by atoms with Crippen LogP contribution in [-0.4, -0.2) is 38.5 Å². The molecule has 4 aromatic rings. The van der Waals surface area contributed by atoms with Gasteiger partial charge in [0.05, 0.1) is 29.3 Å². The number of rotatable bonds is 5. The number of amides is 1. The summed E-state index contributed by atoms with van der Waals surface area (Å²) in [4.78, 5) is 35.7. The van der Waals surface area contributed by atoms with Crippen molar-refractivity contribution >= 4 is 34.4 Å². The quantitative estimate of drug-likeness (QED) is 0.211. The zero-order valence-electron chi connectivity index (χ0n) is 20.1. The molecule has 1 aromatic heterocycles. The molecule has 8 heteroatoms. The molecule has 1 aliphatic heterocycles. The van der Waals surface area contributed by atoms with Crippen LogP contribution in [0.25, 0.3) is 16.8 Å². The van der Waals surface area contributed by atoms with Gasteiger partial charge in [0.2, 0.25) is 5.95 Å². The van der Waals surface area contributed by atoms with E-state index in [1.165, 1.54) is 11.0 Å². The molecule has 0 bridgehead atoms. The number of phenols is 1. The van der Waals surface area contributed by atoms with E-state index in [0.29, 0.717) is 28.8 Å². The SMILES string of the molecule is CCOc1cc(C2/C(=C(\O)c3ccc(C)c(C)c3)C(=O)C(=O)N2c2nc3ccccc3[nH]2)ccc1O. The van der Waals surface area contributed by atoms with Crippen LogP contribution in [-0.2, 0) is 9.59 Å². The Morgan fingerprint density at radius 2 is 1.83 bits per heavy atom. The fourth-order valence-electron chi connectivity index (χ4n) is 4.44. The van der Waals surface area contributed by atoms with Crippen LogP contribution in [0.5, 0.6) is 11.5 Å². The minimum atomic E-state index is -1.01. The summed E-state index contributed by atoms with van der Waals surface area (Å²) in [6, 6.07) is 16.2. The number of imidazole rings is 1. The van der Waals surface area contributed by atoms with Gasteiger partial charge in [-0.3, -0.25) is 14.5 Å². The smallest absolute Gasteiger partial charge is 0.302 e. The molecule has 0 aliphatic carbocycles. The Bertz CT molecular complexity index is 1520. The highest BCUT2D eigenvalue weighted by Crippen LogP contribution is 2.43. The third kappa shape index (κ3) is 3.76. The number of Topliss-reactive ketones (excluding diaryl/α,β-unsaturated/α-hetero) is 1. The van der Waals surface area contributed by atoms with Gasteiger partial charge in [0.15, 0.2) is 11.5 Å². The number of ether oxygens (including phenoxy) is 1. The average molecular weight is 484 g/mol. The number of anilines is 1. The molecule has 3 N–H and O–H groups in total. The Morgan fingerprint density at radius 1 is 1.06 bits per heavy atom. The second-order valence-electron chi connectivity index (χ2n) is 8.71. The molecule has 0 spiro atoms. The van der Waals surface area contributed by atoms with Gasteiger partial charge in [0, 0.05) is 5.56 Å². The van der Waals surface area contributed by atoms with E-state index in [-0.39, 0.29) is 28.8 Å². The molecule has 1 unspecified atom stereocenters. The number of aliphatic hydroxyl groups is 1. The number of carbonyl (C=O) groups is 2. The minimum Gasteiger partial charge on any atom is -0.507 e.